The van der Waals surface area contributed by atoms with Gasteiger partial charge in [-0.1, -0.05) is 38.8 Å². The van der Waals surface area contributed by atoms with Crippen LogP contribution in [0.3, 0.4) is 0 Å². The van der Waals surface area contributed by atoms with E-state index in [1.165, 1.54) is 62.6 Å². The van der Waals surface area contributed by atoms with Gasteiger partial charge in [0.1, 0.15) is 5.75 Å². The molecule has 2 heteroatoms. The van der Waals surface area contributed by atoms with Crippen molar-refractivity contribution in [2.75, 3.05) is 19.7 Å². The van der Waals surface area contributed by atoms with Crippen molar-refractivity contribution in [2.45, 2.75) is 58.8 Å². The zero-order valence-electron chi connectivity index (χ0n) is 13.8. The predicted octanol–water partition coefficient (Wildman–Crippen LogP) is 4.36. The molecule has 0 fully saturated rings. The molecule has 21 heavy (non-hydrogen) atoms. The zero-order valence-corrected chi connectivity index (χ0v) is 13.8. The first-order chi connectivity index (χ1) is 10.3. The first kappa shape index (κ1) is 16.4. The molecule has 0 unspecified atom stereocenters. The van der Waals surface area contributed by atoms with Gasteiger partial charge < -0.3 is 10.1 Å². The molecule has 0 bridgehead atoms. The maximum atomic E-state index is 5.67. The highest BCUT2D eigenvalue weighted by Gasteiger charge is 2.10. The van der Waals surface area contributed by atoms with Crippen molar-refractivity contribution in [1.82, 2.24) is 5.32 Å². The normalized spacial score (nSPS) is 14.0. The highest BCUT2D eigenvalue weighted by Crippen LogP contribution is 2.26. The number of rotatable bonds is 9. The summed E-state index contributed by atoms with van der Waals surface area (Å²) in [6.07, 6.45) is 8.88. The van der Waals surface area contributed by atoms with E-state index in [1.54, 1.807) is 0 Å². The van der Waals surface area contributed by atoms with E-state index in [4.69, 9.17) is 4.74 Å². The molecule has 2 nitrogen and oxygen atoms in total. The lowest BCUT2D eigenvalue weighted by atomic mass is 10.00. The third kappa shape index (κ3) is 6.09. The van der Waals surface area contributed by atoms with Crippen molar-refractivity contribution >= 4 is 0 Å². The monoisotopic (exact) mass is 289 g/mol. The summed E-state index contributed by atoms with van der Waals surface area (Å²) in [7, 11) is 0. The van der Waals surface area contributed by atoms with E-state index in [9.17, 15) is 0 Å². The molecule has 2 rings (SSSR count). The SMILES string of the molecule is CC(C)CNCCCCCCc1ccc2c(c1)CCCO2. The minimum atomic E-state index is 0.762. The Morgan fingerprint density at radius 2 is 2.00 bits per heavy atom. The Morgan fingerprint density at radius 3 is 2.86 bits per heavy atom. The van der Waals surface area contributed by atoms with Crippen molar-refractivity contribution in [2.24, 2.45) is 5.92 Å². The molecule has 0 aliphatic carbocycles. The van der Waals surface area contributed by atoms with Crippen LogP contribution in [-0.2, 0) is 12.8 Å². The molecule has 0 saturated heterocycles. The molecule has 1 aliphatic heterocycles. The van der Waals surface area contributed by atoms with Crippen LogP contribution in [0, 0.1) is 5.92 Å². The Kier molecular flexibility index (Phi) is 7.08. The Balaban J connectivity index is 1.56. The first-order valence-electron chi connectivity index (χ1n) is 8.71. The number of fused-ring (bicyclic) bond motifs is 1. The minimum Gasteiger partial charge on any atom is -0.493 e. The topological polar surface area (TPSA) is 21.3 Å². The number of hydrogen-bond acceptors (Lipinski definition) is 2. The maximum absolute atomic E-state index is 5.67. The highest BCUT2D eigenvalue weighted by molar-refractivity contribution is 5.38. The van der Waals surface area contributed by atoms with Crippen LogP contribution in [0.4, 0.5) is 0 Å². The molecule has 1 aliphatic rings. The van der Waals surface area contributed by atoms with Gasteiger partial charge in [-0.2, -0.15) is 0 Å². The zero-order chi connectivity index (χ0) is 14.9. The van der Waals surface area contributed by atoms with E-state index in [0.29, 0.717) is 0 Å². The molecule has 1 aromatic carbocycles. The fourth-order valence-electron chi connectivity index (χ4n) is 2.89. The second-order valence-corrected chi connectivity index (χ2v) is 6.66. The number of aryl methyl sites for hydroxylation is 2. The summed E-state index contributed by atoms with van der Waals surface area (Å²) in [6.45, 7) is 7.73. The first-order valence-corrected chi connectivity index (χ1v) is 8.71. The Bertz CT molecular complexity index is 414. The van der Waals surface area contributed by atoms with Gasteiger partial charge in [0.15, 0.2) is 0 Å². The van der Waals surface area contributed by atoms with E-state index in [1.807, 2.05) is 0 Å². The third-order valence-electron chi connectivity index (χ3n) is 4.09. The molecule has 118 valence electrons. The molecule has 1 aromatic rings. The van der Waals surface area contributed by atoms with Crippen LogP contribution < -0.4 is 10.1 Å². The highest BCUT2D eigenvalue weighted by atomic mass is 16.5. The third-order valence-corrected chi connectivity index (χ3v) is 4.09. The van der Waals surface area contributed by atoms with Gasteiger partial charge in [0.05, 0.1) is 6.61 Å². The summed E-state index contributed by atoms with van der Waals surface area (Å²) in [5.74, 6) is 1.87. The molecule has 0 radical (unpaired) electrons. The van der Waals surface area contributed by atoms with Crippen molar-refractivity contribution in [3.63, 3.8) is 0 Å². The Hall–Kier alpha value is -1.02. The summed E-state index contributed by atoms with van der Waals surface area (Å²) < 4.78 is 5.67. The van der Waals surface area contributed by atoms with E-state index < -0.39 is 0 Å². The number of unbranched alkanes of at least 4 members (excludes halogenated alkanes) is 3. The maximum Gasteiger partial charge on any atom is 0.122 e. The van der Waals surface area contributed by atoms with E-state index in [2.05, 4.69) is 37.4 Å². The lowest BCUT2D eigenvalue weighted by molar-refractivity contribution is 0.288. The molecule has 0 spiro atoms. The van der Waals surface area contributed by atoms with Crippen molar-refractivity contribution in [1.29, 1.82) is 0 Å². The van der Waals surface area contributed by atoms with Crippen LogP contribution >= 0.6 is 0 Å². The van der Waals surface area contributed by atoms with Crippen molar-refractivity contribution in [3.8, 4) is 5.75 Å². The fourth-order valence-corrected chi connectivity index (χ4v) is 2.89. The average Bonchev–Trinajstić information content (AvgIpc) is 2.49. The number of benzene rings is 1. The van der Waals surface area contributed by atoms with Crippen LogP contribution in [-0.4, -0.2) is 19.7 Å². The fraction of sp³-hybridized carbons (Fsp3) is 0.684. The summed E-state index contributed by atoms with van der Waals surface area (Å²) in [6, 6.07) is 6.77. The average molecular weight is 289 g/mol. The van der Waals surface area contributed by atoms with Gasteiger partial charge >= 0.3 is 0 Å². The summed E-state index contributed by atoms with van der Waals surface area (Å²) in [4.78, 5) is 0. The molecule has 0 amide bonds. The van der Waals surface area contributed by atoms with Crippen molar-refractivity contribution in [3.05, 3.63) is 29.3 Å². The van der Waals surface area contributed by atoms with Crippen LogP contribution in [0.25, 0.3) is 0 Å². The second kappa shape index (κ2) is 9.09. The Morgan fingerprint density at radius 1 is 1.14 bits per heavy atom. The largest absolute Gasteiger partial charge is 0.493 e. The smallest absolute Gasteiger partial charge is 0.122 e. The number of nitrogens with one attached hydrogen (secondary N) is 1. The molecule has 1 heterocycles. The summed E-state index contributed by atoms with van der Waals surface area (Å²) in [5.41, 5.74) is 2.90. The quantitative estimate of drug-likeness (QED) is 0.682. The van der Waals surface area contributed by atoms with E-state index in [-0.39, 0.29) is 0 Å². The lowest BCUT2D eigenvalue weighted by Gasteiger charge is -2.17. The van der Waals surface area contributed by atoms with Crippen LogP contribution in [0.1, 0.15) is 57.1 Å². The number of ether oxygens (including phenoxy) is 1. The van der Waals surface area contributed by atoms with Gasteiger partial charge in [0.25, 0.3) is 0 Å². The van der Waals surface area contributed by atoms with Crippen LogP contribution in [0.5, 0.6) is 5.75 Å². The molecule has 0 aromatic heterocycles. The van der Waals surface area contributed by atoms with Crippen molar-refractivity contribution < 1.29 is 4.74 Å². The van der Waals surface area contributed by atoms with E-state index >= 15 is 0 Å². The molecular formula is C19H31NO. The van der Waals surface area contributed by atoms with Gasteiger partial charge in [0.2, 0.25) is 0 Å². The summed E-state index contributed by atoms with van der Waals surface area (Å²) in [5, 5.41) is 3.51. The molecular weight excluding hydrogens is 258 g/mol. The minimum absolute atomic E-state index is 0.762. The van der Waals surface area contributed by atoms with Gasteiger partial charge in [-0.25, -0.2) is 0 Å². The van der Waals surface area contributed by atoms with Gasteiger partial charge in [-0.15, -0.1) is 0 Å². The molecule has 0 saturated carbocycles. The summed E-state index contributed by atoms with van der Waals surface area (Å²) >= 11 is 0. The van der Waals surface area contributed by atoms with Gasteiger partial charge in [-0.05, 0) is 68.3 Å². The van der Waals surface area contributed by atoms with Crippen LogP contribution in [0.15, 0.2) is 18.2 Å². The predicted molar refractivity (Wildman–Crippen MR) is 90.1 cm³/mol. The second-order valence-electron chi connectivity index (χ2n) is 6.66. The van der Waals surface area contributed by atoms with E-state index in [0.717, 1.165) is 24.8 Å². The lowest BCUT2D eigenvalue weighted by Crippen LogP contribution is -2.20. The Labute approximate surface area is 130 Å². The standard InChI is InChI=1S/C19H31NO/c1-16(2)15-20-12-6-4-3-5-8-17-10-11-19-18(14-17)9-7-13-21-19/h10-11,14,16,20H,3-9,12-13,15H2,1-2H3. The van der Waals surface area contributed by atoms with Crippen LogP contribution in [0.2, 0.25) is 0 Å². The van der Waals surface area contributed by atoms with Gasteiger partial charge in [0, 0.05) is 0 Å². The molecule has 1 N–H and O–H groups in total. The molecule has 0 atom stereocenters. The number of hydrogen-bond donors (Lipinski definition) is 1. The van der Waals surface area contributed by atoms with Gasteiger partial charge in [-0.3, -0.25) is 0 Å².